The molecule has 0 N–H and O–H groups in total. The summed E-state index contributed by atoms with van der Waals surface area (Å²) in [5, 5.41) is 0. The minimum Gasteiger partial charge on any atom is -0.490 e. The first kappa shape index (κ1) is 27.2. The summed E-state index contributed by atoms with van der Waals surface area (Å²) >= 11 is 0. The fourth-order valence-corrected chi connectivity index (χ4v) is 3.68. The highest BCUT2D eigenvalue weighted by Crippen LogP contribution is 2.28. The molecule has 0 fully saturated rings. The zero-order chi connectivity index (χ0) is 22.6. The number of unbranched alkanes of at least 4 members (excludes halogenated alkanes) is 13. The maximum absolute atomic E-state index is 11.2. The minimum absolute atomic E-state index is 0.347. The molecule has 1 aromatic carbocycles. The van der Waals surface area contributed by atoms with Gasteiger partial charge in [-0.25, -0.2) is 0 Å². The maximum atomic E-state index is 11.2. The van der Waals surface area contributed by atoms with E-state index in [0.29, 0.717) is 18.1 Å². The monoisotopic (exact) mass is 431 g/mol. The van der Waals surface area contributed by atoms with Gasteiger partial charge in [0.05, 0.1) is 6.61 Å². The molecule has 0 aliphatic heterocycles. The Morgan fingerprint density at radius 2 is 1.35 bits per heavy atom. The molecule has 0 amide bonds. The van der Waals surface area contributed by atoms with Gasteiger partial charge in [-0.05, 0) is 37.1 Å². The predicted molar refractivity (Wildman–Crippen MR) is 132 cm³/mol. The van der Waals surface area contributed by atoms with Gasteiger partial charge in [0.15, 0.2) is 11.5 Å². The summed E-state index contributed by atoms with van der Waals surface area (Å²) in [5.41, 5.74) is 0.963. The Morgan fingerprint density at radius 1 is 0.806 bits per heavy atom. The number of hydrogen-bond acceptors (Lipinski definition) is 4. The molecule has 0 bridgehead atoms. The van der Waals surface area contributed by atoms with Crippen molar-refractivity contribution in [2.45, 2.75) is 111 Å². The molecule has 1 aromatic rings. The lowest BCUT2D eigenvalue weighted by molar-refractivity contribution is -0.132. The highest BCUT2D eigenvalue weighted by Gasteiger charge is 2.08. The molecule has 176 valence electrons. The van der Waals surface area contributed by atoms with Crippen LogP contribution in [0.2, 0.25) is 0 Å². The summed E-state index contributed by atoms with van der Waals surface area (Å²) < 4.78 is 10.8. The van der Waals surface area contributed by atoms with Crippen molar-refractivity contribution >= 4 is 12.2 Å². The van der Waals surface area contributed by atoms with Gasteiger partial charge in [0.2, 0.25) is 0 Å². The van der Waals surface area contributed by atoms with Gasteiger partial charge >= 0.3 is 5.97 Å². The van der Waals surface area contributed by atoms with Gasteiger partial charge in [0.1, 0.15) is 0 Å². The number of benzene rings is 1. The van der Waals surface area contributed by atoms with Crippen molar-refractivity contribution in [3.05, 3.63) is 23.8 Å². The second-order valence-electron chi connectivity index (χ2n) is 8.36. The lowest BCUT2D eigenvalue weighted by Crippen LogP contribution is -2.04. The van der Waals surface area contributed by atoms with Crippen LogP contribution in [0.1, 0.15) is 116 Å². The van der Waals surface area contributed by atoms with Crippen LogP contribution in [0.25, 0.3) is 0 Å². The zero-order valence-electron chi connectivity index (χ0n) is 20.3. The van der Waals surface area contributed by atoms with Crippen LogP contribution in [0.4, 0.5) is 0 Å². The van der Waals surface area contributed by atoms with Crippen molar-refractivity contribution in [2.24, 2.45) is 4.99 Å². The molecule has 1 rings (SSSR count). The van der Waals surface area contributed by atoms with E-state index in [1.807, 2.05) is 25.3 Å². The molecular weight excluding hydrogens is 386 g/mol. The molecule has 0 aliphatic rings. The number of esters is 1. The number of hydrogen-bond donors (Lipinski definition) is 0. The molecule has 0 saturated heterocycles. The SMILES string of the molecule is CCCCCCCCCCCCCCCCN=Cc1ccc(OC(C)=O)c(OCC)c1. The van der Waals surface area contributed by atoms with E-state index in [9.17, 15) is 4.79 Å². The van der Waals surface area contributed by atoms with Gasteiger partial charge in [0, 0.05) is 19.7 Å². The number of rotatable bonds is 19. The first-order chi connectivity index (χ1) is 15.2. The highest BCUT2D eigenvalue weighted by molar-refractivity contribution is 5.81. The molecule has 0 aromatic heterocycles. The third kappa shape index (κ3) is 14.7. The molecular formula is C27H45NO3. The fraction of sp³-hybridized carbons (Fsp3) is 0.704. The third-order valence-electron chi connectivity index (χ3n) is 5.40. The van der Waals surface area contributed by atoms with E-state index in [1.165, 1.54) is 90.4 Å². The summed E-state index contributed by atoms with van der Waals surface area (Å²) in [6.07, 6.45) is 21.0. The van der Waals surface area contributed by atoms with Crippen LogP contribution < -0.4 is 9.47 Å². The summed E-state index contributed by atoms with van der Waals surface area (Å²) in [7, 11) is 0. The van der Waals surface area contributed by atoms with Crippen molar-refractivity contribution in [2.75, 3.05) is 13.2 Å². The van der Waals surface area contributed by atoms with Gasteiger partial charge in [-0.15, -0.1) is 0 Å². The molecule has 0 radical (unpaired) electrons. The Kier molecular flexibility index (Phi) is 16.6. The molecule has 31 heavy (non-hydrogen) atoms. The largest absolute Gasteiger partial charge is 0.490 e. The van der Waals surface area contributed by atoms with Crippen LogP contribution in [0, 0.1) is 0 Å². The number of nitrogens with zero attached hydrogens (tertiary/aromatic N) is 1. The maximum Gasteiger partial charge on any atom is 0.308 e. The molecule has 0 unspecified atom stereocenters. The summed E-state index contributed by atoms with van der Waals surface area (Å²) in [6.45, 7) is 6.96. The Bertz CT molecular complexity index is 612. The summed E-state index contributed by atoms with van der Waals surface area (Å²) in [4.78, 5) is 15.7. The average Bonchev–Trinajstić information content (AvgIpc) is 2.75. The highest BCUT2D eigenvalue weighted by atomic mass is 16.6. The normalized spacial score (nSPS) is 11.2. The van der Waals surface area contributed by atoms with Crippen molar-refractivity contribution in [3.8, 4) is 11.5 Å². The van der Waals surface area contributed by atoms with Gasteiger partial charge < -0.3 is 9.47 Å². The first-order valence-corrected chi connectivity index (χ1v) is 12.6. The fourth-order valence-electron chi connectivity index (χ4n) is 3.68. The molecule has 0 aliphatic carbocycles. The van der Waals surface area contributed by atoms with Crippen molar-refractivity contribution in [1.29, 1.82) is 0 Å². The molecule has 4 nitrogen and oxygen atoms in total. The van der Waals surface area contributed by atoms with Crippen molar-refractivity contribution < 1.29 is 14.3 Å². The lowest BCUT2D eigenvalue weighted by atomic mass is 10.0. The average molecular weight is 432 g/mol. The van der Waals surface area contributed by atoms with Gasteiger partial charge in [-0.2, -0.15) is 0 Å². The standard InChI is InChI=1S/C27H45NO3/c1-4-6-7-8-9-10-11-12-13-14-15-16-17-18-21-28-23-25-19-20-26(31-24(3)29)27(22-25)30-5-2/h19-20,22-23H,4-18,21H2,1-3H3. The van der Waals surface area contributed by atoms with Crippen LogP contribution in [-0.2, 0) is 4.79 Å². The smallest absolute Gasteiger partial charge is 0.308 e. The van der Waals surface area contributed by atoms with Crippen LogP contribution in [0.3, 0.4) is 0 Å². The van der Waals surface area contributed by atoms with Gasteiger partial charge in [0.25, 0.3) is 0 Å². The van der Waals surface area contributed by atoms with E-state index in [1.54, 1.807) is 6.07 Å². The number of carbonyl (C=O) groups excluding carboxylic acids is 1. The first-order valence-electron chi connectivity index (χ1n) is 12.6. The Morgan fingerprint density at radius 3 is 1.87 bits per heavy atom. The van der Waals surface area contributed by atoms with E-state index in [2.05, 4.69) is 11.9 Å². The van der Waals surface area contributed by atoms with E-state index in [4.69, 9.17) is 9.47 Å². The summed E-state index contributed by atoms with van der Waals surface area (Å²) in [6, 6.07) is 5.53. The zero-order valence-corrected chi connectivity index (χ0v) is 20.3. The second kappa shape index (κ2) is 18.9. The number of ether oxygens (including phenoxy) is 2. The van der Waals surface area contributed by atoms with E-state index in [-0.39, 0.29) is 5.97 Å². The lowest BCUT2D eigenvalue weighted by Gasteiger charge is -2.10. The molecule has 0 saturated carbocycles. The molecule has 0 spiro atoms. The Labute approximate surface area is 190 Å². The minimum atomic E-state index is -0.347. The van der Waals surface area contributed by atoms with Gasteiger partial charge in [-0.1, -0.05) is 90.4 Å². The third-order valence-corrected chi connectivity index (χ3v) is 5.40. The molecule has 0 atom stereocenters. The Balaban J connectivity index is 2.06. The quantitative estimate of drug-likeness (QED) is 0.0967. The van der Waals surface area contributed by atoms with E-state index in [0.717, 1.165) is 18.5 Å². The summed E-state index contributed by atoms with van der Waals surface area (Å²) in [5.74, 6) is 0.691. The predicted octanol–water partition coefficient (Wildman–Crippen LogP) is 7.91. The second-order valence-corrected chi connectivity index (χ2v) is 8.36. The van der Waals surface area contributed by atoms with Crippen LogP contribution in [0.5, 0.6) is 11.5 Å². The van der Waals surface area contributed by atoms with E-state index < -0.39 is 0 Å². The van der Waals surface area contributed by atoms with Crippen LogP contribution in [0.15, 0.2) is 23.2 Å². The van der Waals surface area contributed by atoms with Gasteiger partial charge in [-0.3, -0.25) is 9.79 Å². The number of aliphatic imine (C=N–C) groups is 1. The van der Waals surface area contributed by atoms with E-state index >= 15 is 0 Å². The van der Waals surface area contributed by atoms with Crippen LogP contribution in [-0.4, -0.2) is 25.3 Å². The molecule has 4 heteroatoms. The molecule has 0 heterocycles. The van der Waals surface area contributed by atoms with Crippen molar-refractivity contribution in [1.82, 2.24) is 0 Å². The van der Waals surface area contributed by atoms with Crippen molar-refractivity contribution in [3.63, 3.8) is 0 Å². The number of carbonyl (C=O) groups is 1. The Hall–Kier alpha value is -1.84. The van der Waals surface area contributed by atoms with Crippen LogP contribution >= 0.6 is 0 Å². The topological polar surface area (TPSA) is 47.9 Å².